The van der Waals surface area contributed by atoms with Gasteiger partial charge in [0.15, 0.2) is 0 Å². The zero-order valence-electron chi connectivity index (χ0n) is 14.4. The lowest BCUT2D eigenvalue weighted by Gasteiger charge is -2.08. The highest BCUT2D eigenvalue weighted by Gasteiger charge is 2.06. The van der Waals surface area contributed by atoms with Crippen molar-refractivity contribution < 1.29 is 9.53 Å². The topological polar surface area (TPSA) is 73.2 Å². The number of nitrogens with one attached hydrogen (secondary N) is 1. The predicted octanol–water partition coefficient (Wildman–Crippen LogP) is 2.77. The molecule has 3 aromatic rings. The molecule has 0 unspecified atom stereocenters. The summed E-state index contributed by atoms with van der Waals surface area (Å²) in [6.07, 6.45) is 0. The number of ether oxygens (including phenoxy) is 1. The van der Waals surface area contributed by atoms with Gasteiger partial charge in [0.25, 0.3) is 11.5 Å². The van der Waals surface area contributed by atoms with E-state index in [0.29, 0.717) is 24.4 Å². The summed E-state index contributed by atoms with van der Waals surface area (Å²) in [4.78, 5) is 23.9. The van der Waals surface area contributed by atoms with Crippen molar-refractivity contribution in [2.75, 3.05) is 6.54 Å². The van der Waals surface area contributed by atoms with Gasteiger partial charge in [-0.2, -0.15) is 5.10 Å². The number of aryl methyl sites for hydroxylation is 1. The van der Waals surface area contributed by atoms with Crippen molar-refractivity contribution in [3.8, 4) is 11.5 Å². The molecule has 0 bridgehead atoms. The van der Waals surface area contributed by atoms with E-state index in [2.05, 4.69) is 10.4 Å². The van der Waals surface area contributed by atoms with E-state index in [9.17, 15) is 9.59 Å². The molecule has 1 N–H and O–H groups in total. The Bertz CT molecular complexity index is 935. The fourth-order valence-corrected chi connectivity index (χ4v) is 2.39. The maximum Gasteiger partial charge on any atom is 0.266 e. The van der Waals surface area contributed by atoms with Crippen LogP contribution < -0.4 is 15.6 Å². The number of rotatable bonds is 6. The van der Waals surface area contributed by atoms with Crippen LogP contribution >= 0.6 is 0 Å². The fraction of sp³-hybridized carbons (Fsp3) is 0.150. The van der Waals surface area contributed by atoms with Gasteiger partial charge in [-0.1, -0.05) is 18.2 Å². The number of carbonyl (C=O) groups excluding carboxylic acids is 1. The third-order valence-corrected chi connectivity index (χ3v) is 3.70. The Hall–Kier alpha value is -3.41. The molecule has 0 radical (unpaired) electrons. The summed E-state index contributed by atoms with van der Waals surface area (Å²) in [5.41, 5.74) is 1.09. The van der Waals surface area contributed by atoms with Crippen LogP contribution in [-0.4, -0.2) is 22.2 Å². The lowest BCUT2D eigenvalue weighted by atomic mass is 10.2. The molecule has 0 atom stereocenters. The summed E-state index contributed by atoms with van der Waals surface area (Å²) < 4.78 is 7.04. The van der Waals surface area contributed by atoms with E-state index >= 15 is 0 Å². The van der Waals surface area contributed by atoms with Crippen LogP contribution in [0.2, 0.25) is 0 Å². The predicted molar refractivity (Wildman–Crippen MR) is 98.5 cm³/mol. The van der Waals surface area contributed by atoms with Gasteiger partial charge in [0, 0.05) is 18.2 Å². The molecule has 0 aliphatic carbocycles. The average molecular weight is 349 g/mol. The third kappa shape index (κ3) is 4.57. The number of hydrogen-bond donors (Lipinski definition) is 1. The van der Waals surface area contributed by atoms with E-state index in [1.165, 1.54) is 10.7 Å². The Kier molecular flexibility index (Phi) is 5.43. The first-order valence-corrected chi connectivity index (χ1v) is 8.28. The highest BCUT2D eigenvalue weighted by atomic mass is 16.5. The van der Waals surface area contributed by atoms with Crippen LogP contribution in [0, 0.1) is 6.92 Å². The van der Waals surface area contributed by atoms with Gasteiger partial charge in [0.1, 0.15) is 11.5 Å². The van der Waals surface area contributed by atoms with Crippen LogP contribution in [0.1, 0.15) is 16.1 Å². The summed E-state index contributed by atoms with van der Waals surface area (Å²) in [6.45, 7) is 2.45. The Labute approximate surface area is 151 Å². The zero-order chi connectivity index (χ0) is 18.4. The molecule has 0 spiro atoms. The van der Waals surface area contributed by atoms with Crippen LogP contribution in [0.3, 0.4) is 0 Å². The molecule has 1 amide bonds. The Balaban J connectivity index is 1.55. The van der Waals surface area contributed by atoms with Gasteiger partial charge in [0.05, 0.1) is 12.2 Å². The van der Waals surface area contributed by atoms with E-state index in [0.717, 1.165) is 11.4 Å². The van der Waals surface area contributed by atoms with Gasteiger partial charge < -0.3 is 10.1 Å². The number of amides is 1. The van der Waals surface area contributed by atoms with Crippen LogP contribution in [0.4, 0.5) is 0 Å². The minimum Gasteiger partial charge on any atom is -0.457 e. The summed E-state index contributed by atoms with van der Waals surface area (Å²) in [5, 5.41) is 6.91. The molecular formula is C20H19N3O3. The molecule has 0 saturated heterocycles. The zero-order valence-corrected chi connectivity index (χ0v) is 14.4. The van der Waals surface area contributed by atoms with E-state index < -0.39 is 0 Å². The molecule has 0 aliphatic rings. The molecule has 0 saturated carbocycles. The standard InChI is InChI=1S/C20H19N3O3/c1-15-7-12-19(24)23(22-15)14-13-21-20(25)16-8-10-18(11-9-16)26-17-5-3-2-4-6-17/h2-12H,13-14H2,1H3,(H,21,25). The quantitative estimate of drug-likeness (QED) is 0.743. The molecule has 0 fully saturated rings. The molecule has 132 valence electrons. The van der Waals surface area contributed by atoms with Crippen LogP contribution in [0.5, 0.6) is 11.5 Å². The smallest absolute Gasteiger partial charge is 0.266 e. The first-order chi connectivity index (χ1) is 12.6. The second kappa shape index (κ2) is 8.11. The lowest BCUT2D eigenvalue weighted by molar-refractivity contribution is 0.0951. The molecule has 6 nitrogen and oxygen atoms in total. The van der Waals surface area contributed by atoms with Crippen molar-refractivity contribution in [1.29, 1.82) is 0 Å². The SMILES string of the molecule is Cc1ccc(=O)n(CCNC(=O)c2ccc(Oc3ccccc3)cc2)n1. The van der Waals surface area contributed by atoms with Crippen molar-refractivity contribution >= 4 is 5.91 Å². The highest BCUT2D eigenvalue weighted by Crippen LogP contribution is 2.21. The van der Waals surface area contributed by atoms with Crippen molar-refractivity contribution in [2.24, 2.45) is 0 Å². The second-order valence-electron chi connectivity index (χ2n) is 5.73. The number of aromatic nitrogens is 2. The van der Waals surface area contributed by atoms with Crippen LogP contribution in [0.25, 0.3) is 0 Å². The molecule has 1 heterocycles. The number of carbonyl (C=O) groups is 1. The van der Waals surface area contributed by atoms with Gasteiger partial charge in [-0.25, -0.2) is 4.68 Å². The highest BCUT2D eigenvalue weighted by molar-refractivity contribution is 5.94. The molecule has 6 heteroatoms. The maximum absolute atomic E-state index is 12.2. The largest absolute Gasteiger partial charge is 0.457 e. The van der Waals surface area contributed by atoms with E-state index in [-0.39, 0.29) is 11.5 Å². The summed E-state index contributed by atoms with van der Waals surface area (Å²) in [5.74, 6) is 1.18. The lowest BCUT2D eigenvalue weighted by Crippen LogP contribution is -2.32. The third-order valence-electron chi connectivity index (χ3n) is 3.70. The molecule has 26 heavy (non-hydrogen) atoms. The first kappa shape index (κ1) is 17.4. The number of para-hydroxylation sites is 1. The first-order valence-electron chi connectivity index (χ1n) is 8.28. The molecule has 0 aliphatic heterocycles. The van der Waals surface area contributed by atoms with E-state index in [1.54, 1.807) is 30.3 Å². The average Bonchev–Trinajstić information content (AvgIpc) is 2.66. The number of nitrogens with zero attached hydrogens (tertiary/aromatic N) is 2. The summed E-state index contributed by atoms with van der Waals surface area (Å²) in [6, 6.07) is 19.5. The normalized spacial score (nSPS) is 10.3. The van der Waals surface area contributed by atoms with Crippen molar-refractivity contribution in [3.05, 3.63) is 88.3 Å². The van der Waals surface area contributed by atoms with Crippen LogP contribution in [-0.2, 0) is 6.54 Å². The van der Waals surface area contributed by atoms with Crippen molar-refractivity contribution in [2.45, 2.75) is 13.5 Å². The second-order valence-corrected chi connectivity index (χ2v) is 5.73. The van der Waals surface area contributed by atoms with E-state index in [1.807, 2.05) is 37.3 Å². The Morgan fingerprint density at radius 3 is 2.42 bits per heavy atom. The molecule has 3 rings (SSSR count). The van der Waals surface area contributed by atoms with Gasteiger partial charge in [-0.05, 0) is 49.4 Å². The van der Waals surface area contributed by atoms with Gasteiger partial charge >= 0.3 is 0 Å². The number of benzene rings is 2. The molecule has 1 aromatic heterocycles. The van der Waals surface area contributed by atoms with Crippen LogP contribution in [0.15, 0.2) is 71.5 Å². The summed E-state index contributed by atoms with van der Waals surface area (Å²) in [7, 11) is 0. The van der Waals surface area contributed by atoms with Gasteiger partial charge in [-0.3, -0.25) is 9.59 Å². The fourth-order valence-electron chi connectivity index (χ4n) is 2.39. The Morgan fingerprint density at radius 2 is 1.69 bits per heavy atom. The minimum atomic E-state index is -0.211. The maximum atomic E-state index is 12.2. The minimum absolute atomic E-state index is 0.188. The van der Waals surface area contributed by atoms with E-state index in [4.69, 9.17) is 4.74 Å². The molecule has 2 aromatic carbocycles. The van der Waals surface area contributed by atoms with Gasteiger partial charge in [-0.15, -0.1) is 0 Å². The Morgan fingerprint density at radius 1 is 1.00 bits per heavy atom. The summed E-state index contributed by atoms with van der Waals surface area (Å²) >= 11 is 0. The molecular weight excluding hydrogens is 330 g/mol. The monoisotopic (exact) mass is 349 g/mol. The van der Waals surface area contributed by atoms with Crippen molar-refractivity contribution in [1.82, 2.24) is 15.1 Å². The van der Waals surface area contributed by atoms with Gasteiger partial charge in [0.2, 0.25) is 0 Å². The van der Waals surface area contributed by atoms with Crippen molar-refractivity contribution in [3.63, 3.8) is 0 Å². The number of hydrogen-bond acceptors (Lipinski definition) is 4.